The van der Waals surface area contributed by atoms with Gasteiger partial charge in [-0.15, -0.1) is 0 Å². The molecule has 0 aliphatic carbocycles. The molecule has 0 fully saturated rings. The van der Waals surface area contributed by atoms with Crippen LogP contribution in [-0.2, 0) is 32.6 Å². The van der Waals surface area contributed by atoms with Crippen LogP contribution in [0.15, 0.2) is 48.5 Å². The van der Waals surface area contributed by atoms with Crippen LogP contribution in [0, 0.1) is 0 Å². The largest absolute Gasteiger partial charge is 0.350 e. The van der Waals surface area contributed by atoms with Gasteiger partial charge in [-0.25, -0.2) is 8.42 Å². The normalized spacial score (nSPS) is 12.6. The topological polar surface area (TPSA) is 86.8 Å². The van der Waals surface area contributed by atoms with Crippen LogP contribution in [0.3, 0.4) is 0 Å². The summed E-state index contributed by atoms with van der Waals surface area (Å²) in [4.78, 5) is 28.2. The molecule has 0 aromatic heterocycles. The van der Waals surface area contributed by atoms with Gasteiger partial charge < -0.3 is 10.2 Å². The second-order valence-electron chi connectivity index (χ2n) is 10.2. The molecule has 1 atom stereocenters. The highest BCUT2D eigenvalue weighted by Gasteiger charge is 2.31. The fraction of sp³-hybridized carbons (Fsp3) is 0.500. The van der Waals surface area contributed by atoms with Crippen molar-refractivity contribution in [3.63, 3.8) is 0 Å². The molecule has 2 rings (SSSR count). The van der Waals surface area contributed by atoms with Crippen LogP contribution in [0.5, 0.6) is 0 Å². The molecule has 1 N–H and O–H groups in total. The van der Waals surface area contributed by atoms with E-state index in [9.17, 15) is 18.0 Å². The van der Waals surface area contributed by atoms with Crippen LogP contribution in [-0.4, -0.2) is 49.5 Å². The van der Waals surface area contributed by atoms with Crippen molar-refractivity contribution in [2.45, 2.75) is 78.4 Å². The fourth-order valence-electron chi connectivity index (χ4n) is 4.08. The first-order valence-corrected chi connectivity index (χ1v) is 14.9. The summed E-state index contributed by atoms with van der Waals surface area (Å²) in [6.07, 6.45) is 2.84. The molecule has 2 aromatic rings. The lowest BCUT2D eigenvalue weighted by Gasteiger charge is -2.33. The highest BCUT2D eigenvalue weighted by molar-refractivity contribution is 7.92. The van der Waals surface area contributed by atoms with Crippen molar-refractivity contribution in [3.05, 3.63) is 64.7 Å². The Morgan fingerprint density at radius 3 is 2.16 bits per heavy atom. The summed E-state index contributed by atoms with van der Waals surface area (Å²) in [7, 11) is -3.54. The molecule has 0 heterocycles. The van der Waals surface area contributed by atoms with Gasteiger partial charge in [0.25, 0.3) is 0 Å². The third kappa shape index (κ3) is 9.34. The molecule has 0 saturated heterocycles. The average Bonchev–Trinajstić information content (AvgIpc) is 2.81. The first-order valence-electron chi connectivity index (χ1n) is 12.7. The average molecular weight is 550 g/mol. The molecule has 37 heavy (non-hydrogen) atoms. The van der Waals surface area contributed by atoms with E-state index in [2.05, 4.69) is 5.32 Å². The summed E-state index contributed by atoms with van der Waals surface area (Å²) in [5.41, 5.74) is 1.97. The zero-order valence-corrected chi connectivity index (χ0v) is 24.3. The summed E-state index contributed by atoms with van der Waals surface area (Å²) in [5, 5.41) is 3.50. The Bertz CT molecular complexity index is 1160. The van der Waals surface area contributed by atoms with Gasteiger partial charge in [-0.2, -0.15) is 0 Å². The van der Waals surface area contributed by atoms with E-state index in [4.69, 9.17) is 11.6 Å². The predicted molar refractivity (Wildman–Crippen MR) is 151 cm³/mol. The maximum absolute atomic E-state index is 13.5. The second kappa shape index (κ2) is 13.3. The molecule has 0 saturated carbocycles. The van der Waals surface area contributed by atoms with Gasteiger partial charge in [0.05, 0.1) is 11.9 Å². The monoisotopic (exact) mass is 549 g/mol. The van der Waals surface area contributed by atoms with E-state index in [0.717, 1.165) is 23.8 Å². The Kier molecular flexibility index (Phi) is 11.0. The standard InChI is InChI=1S/C28H40ClN3O4S/c1-7-21-15-17-23(18-16-21)32(37(6,35)36)19-11-14-26(33)31(20-22-12-9-10-13-24(22)29)25(8-2)27(34)30-28(3,4)5/h9-10,12-13,15-18,25H,7-8,11,14,19-20H2,1-6H3,(H,30,34)/t25-/m0/s1. The number of sulfonamides is 1. The quantitative estimate of drug-likeness (QED) is 0.395. The number of aryl methyl sites for hydroxylation is 1. The number of benzene rings is 2. The SMILES string of the molecule is CCc1ccc(N(CCCC(=O)N(Cc2ccccc2Cl)[C@@H](CC)C(=O)NC(C)(C)C)S(C)(=O)=O)cc1. The number of carbonyl (C=O) groups excluding carboxylic acids is 2. The zero-order chi connectivity index (χ0) is 27.8. The second-order valence-corrected chi connectivity index (χ2v) is 12.5. The van der Waals surface area contributed by atoms with Gasteiger partial charge in [0, 0.05) is 30.1 Å². The highest BCUT2D eigenvalue weighted by atomic mass is 35.5. The molecule has 2 aromatic carbocycles. The van der Waals surface area contributed by atoms with E-state index in [1.165, 1.54) is 4.31 Å². The van der Waals surface area contributed by atoms with Gasteiger partial charge in [-0.1, -0.05) is 55.8 Å². The number of hydrogen-bond acceptors (Lipinski definition) is 4. The highest BCUT2D eigenvalue weighted by Crippen LogP contribution is 2.23. The summed E-state index contributed by atoms with van der Waals surface area (Å²) in [5.74, 6) is -0.463. The van der Waals surface area contributed by atoms with Gasteiger partial charge in [-0.3, -0.25) is 13.9 Å². The Morgan fingerprint density at radius 1 is 1.03 bits per heavy atom. The van der Waals surface area contributed by atoms with Crippen LogP contribution in [0.25, 0.3) is 0 Å². The fourth-order valence-corrected chi connectivity index (χ4v) is 5.25. The van der Waals surface area contributed by atoms with Crippen molar-refractivity contribution in [1.82, 2.24) is 10.2 Å². The number of carbonyl (C=O) groups is 2. The molecule has 2 amide bonds. The molecular formula is C28H40ClN3O4S. The number of nitrogens with one attached hydrogen (secondary N) is 1. The smallest absolute Gasteiger partial charge is 0.243 e. The number of hydrogen-bond donors (Lipinski definition) is 1. The van der Waals surface area contributed by atoms with Crippen LogP contribution in [0.4, 0.5) is 5.69 Å². The molecule has 9 heteroatoms. The number of halogens is 1. The first kappa shape index (κ1) is 30.6. The van der Waals surface area contributed by atoms with Gasteiger partial charge in [0.2, 0.25) is 21.8 Å². The molecule has 0 radical (unpaired) electrons. The van der Waals surface area contributed by atoms with Gasteiger partial charge >= 0.3 is 0 Å². The molecule has 0 bridgehead atoms. The van der Waals surface area contributed by atoms with Crippen LogP contribution in [0.2, 0.25) is 5.02 Å². The third-order valence-electron chi connectivity index (χ3n) is 5.97. The maximum Gasteiger partial charge on any atom is 0.243 e. The van der Waals surface area contributed by atoms with E-state index >= 15 is 0 Å². The lowest BCUT2D eigenvalue weighted by molar-refractivity contribution is -0.142. The molecule has 7 nitrogen and oxygen atoms in total. The molecule has 204 valence electrons. The molecule has 0 aliphatic heterocycles. The molecular weight excluding hydrogens is 510 g/mol. The van der Waals surface area contributed by atoms with Crippen molar-refractivity contribution in [2.75, 3.05) is 17.1 Å². The lowest BCUT2D eigenvalue weighted by atomic mass is 10.0. The Labute approximate surface area is 227 Å². The van der Waals surface area contributed by atoms with Gasteiger partial charge in [0.15, 0.2) is 0 Å². The van der Waals surface area contributed by atoms with E-state index in [1.807, 2.05) is 65.0 Å². The van der Waals surface area contributed by atoms with Gasteiger partial charge in [0.1, 0.15) is 6.04 Å². The van der Waals surface area contributed by atoms with Crippen molar-refractivity contribution < 1.29 is 18.0 Å². The van der Waals surface area contributed by atoms with Crippen molar-refractivity contribution >= 4 is 39.1 Å². The summed E-state index contributed by atoms with van der Waals surface area (Å²) >= 11 is 6.38. The number of rotatable bonds is 12. The predicted octanol–water partition coefficient (Wildman–Crippen LogP) is 5.17. The lowest BCUT2D eigenvalue weighted by Crippen LogP contribution is -2.53. The number of amides is 2. The van der Waals surface area contributed by atoms with E-state index in [-0.39, 0.29) is 31.3 Å². The van der Waals surface area contributed by atoms with Gasteiger partial charge in [-0.05, 0) is 69.4 Å². The third-order valence-corrected chi connectivity index (χ3v) is 7.53. The minimum absolute atomic E-state index is 0.0861. The molecule has 0 unspecified atom stereocenters. The van der Waals surface area contributed by atoms with Crippen LogP contribution < -0.4 is 9.62 Å². The van der Waals surface area contributed by atoms with Crippen LogP contribution in [0.1, 0.15) is 65.0 Å². The number of anilines is 1. The minimum Gasteiger partial charge on any atom is -0.350 e. The summed E-state index contributed by atoms with van der Waals surface area (Å²) in [6, 6.07) is 13.9. The van der Waals surface area contributed by atoms with E-state index < -0.39 is 21.6 Å². The first-order chi connectivity index (χ1) is 17.3. The van der Waals surface area contributed by atoms with Crippen molar-refractivity contribution in [1.29, 1.82) is 0 Å². The Balaban J connectivity index is 2.24. The van der Waals surface area contributed by atoms with E-state index in [0.29, 0.717) is 23.6 Å². The Morgan fingerprint density at radius 2 is 1.65 bits per heavy atom. The zero-order valence-electron chi connectivity index (χ0n) is 22.8. The van der Waals surface area contributed by atoms with Crippen molar-refractivity contribution in [2.24, 2.45) is 0 Å². The summed E-state index contributed by atoms with van der Waals surface area (Å²) < 4.78 is 26.3. The summed E-state index contributed by atoms with van der Waals surface area (Å²) in [6.45, 7) is 9.92. The molecule has 0 aliphatic rings. The Hall–Kier alpha value is -2.58. The van der Waals surface area contributed by atoms with E-state index in [1.54, 1.807) is 23.1 Å². The van der Waals surface area contributed by atoms with Crippen LogP contribution >= 0.6 is 11.6 Å². The number of nitrogens with zero attached hydrogens (tertiary/aromatic N) is 2. The van der Waals surface area contributed by atoms with Crippen molar-refractivity contribution in [3.8, 4) is 0 Å². The molecule has 0 spiro atoms. The minimum atomic E-state index is -3.54. The maximum atomic E-state index is 13.5.